The molecular weight excluding hydrogens is 254 g/mol. The minimum absolute atomic E-state index is 0.348. The van der Waals surface area contributed by atoms with Crippen LogP contribution in [-0.2, 0) is 23.6 Å². The Hall–Kier alpha value is -0.670. The van der Waals surface area contributed by atoms with Crippen LogP contribution in [0.1, 0.15) is 49.4 Å². The van der Waals surface area contributed by atoms with Gasteiger partial charge in [-0.05, 0) is 49.3 Å². The number of hydrogen-bond donors (Lipinski definition) is 1. The van der Waals surface area contributed by atoms with Crippen LogP contribution in [0.3, 0.4) is 0 Å². The van der Waals surface area contributed by atoms with Gasteiger partial charge in [0.15, 0.2) is 0 Å². The summed E-state index contributed by atoms with van der Waals surface area (Å²) in [5, 5.41) is 3.48. The van der Waals surface area contributed by atoms with Gasteiger partial charge in [-0.3, -0.25) is 4.21 Å². The Kier molecular flexibility index (Phi) is 5.59. The van der Waals surface area contributed by atoms with E-state index in [1.54, 1.807) is 0 Å². The molecule has 1 aromatic rings. The summed E-state index contributed by atoms with van der Waals surface area (Å²) in [5.74, 6) is 1.51. The Labute approximate surface area is 119 Å². The van der Waals surface area contributed by atoms with E-state index >= 15 is 0 Å². The largest absolute Gasteiger partial charge is 0.309 e. The molecule has 2 atom stereocenters. The third kappa shape index (κ3) is 4.15. The van der Waals surface area contributed by atoms with E-state index in [1.807, 2.05) is 6.92 Å². The van der Waals surface area contributed by atoms with Crippen LogP contribution in [0.2, 0.25) is 0 Å². The van der Waals surface area contributed by atoms with Crippen LogP contribution in [0, 0.1) is 0 Å². The Morgan fingerprint density at radius 1 is 1.26 bits per heavy atom. The SMILES string of the molecule is CCS(=O)CCNC(C)c1ccc2c(c1)CCCC2. The third-order valence-corrected chi connectivity index (χ3v) is 5.28. The van der Waals surface area contributed by atoms with E-state index < -0.39 is 10.8 Å². The number of fused-ring (bicyclic) bond motifs is 1. The summed E-state index contributed by atoms with van der Waals surface area (Å²) in [6, 6.07) is 7.26. The van der Waals surface area contributed by atoms with Gasteiger partial charge in [-0.15, -0.1) is 0 Å². The normalized spacial score (nSPS) is 17.8. The topological polar surface area (TPSA) is 29.1 Å². The van der Waals surface area contributed by atoms with Crippen LogP contribution < -0.4 is 5.32 Å². The van der Waals surface area contributed by atoms with E-state index in [1.165, 1.54) is 42.4 Å². The van der Waals surface area contributed by atoms with Crippen LogP contribution in [0.4, 0.5) is 0 Å². The summed E-state index contributed by atoms with van der Waals surface area (Å²) in [4.78, 5) is 0. The summed E-state index contributed by atoms with van der Waals surface area (Å²) >= 11 is 0. The predicted molar refractivity (Wildman–Crippen MR) is 83.1 cm³/mol. The molecule has 106 valence electrons. The highest BCUT2D eigenvalue weighted by atomic mass is 32.2. The zero-order valence-electron chi connectivity index (χ0n) is 12.1. The molecule has 0 amide bonds. The number of nitrogens with one attached hydrogen (secondary N) is 1. The average molecular weight is 279 g/mol. The lowest BCUT2D eigenvalue weighted by atomic mass is 9.89. The highest BCUT2D eigenvalue weighted by Crippen LogP contribution is 2.24. The van der Waals surface area contributed by atoms with Crippen LogP contribution in [0.15, 0.2) is 18.2 Å². The summed E-state index contributed by atoms with van der Waals surface area (Å²) in [6.07, 6.45) is 5.14. The van der Waals surface area contributed by atoms with Crippen LogP contribution in [0.5, 0.6) is 0 Å². The predicted octanol–water partition coefficient (Wildman–Crippen LogP) is 2.98. The van der Waals surface area contributed by atoms with Crippen molar-refractivity contribution in [3.63, 3.8) is 0 Å². The zero-order valence-corrected chi connectivity index (χ0v) is 12.9. The van der Waals surface area contributed by atoms with Gasteiger partial charge in [0, 0.05) is 34.9 Å². The van der Waals surface area contributed by atoms with Crippen molar-refractivity contribution in [3.8, 4) is 0 Å². The fraction of sp³-hybridized carbons (Fsp3) is 0.625. The maximum atomic E-state index is 11.4. The summed E-state index contributed by atoms with van der Waals surface area (Å²) in [7, 11) is -0.664. The van der Waals surface area contributed by atoms with Gasteiger partial charge in [-0.2, -0.15) is 0 Å². The first kappa shape index (κ1) is 14.7. The lowest BCUT2D eigenvalue weighted by Gasteiger charge is -2.20. The minimum Gasteiger partial charge on any atom is -0.309 e. The molecule has 0 spiro atoms. The first-order chi connectivity index (χ1) is 9.20. The molecule has 0 saturated heterocycles. The molecule has 1 aliphatic rings. The second-order valence-electron chi connectivity index (χ2n) is 5.34. The standard InChI is InChI=1S/C16H25NOS/c1-3-19(18)11-10-17-13(2)15-9-8-14-6-4-5-7-16(14)12-15/h8-9,12-13,17H,3-7,10-11H2,1-2H3. The van der Waals surface area contributed by atoms with E-state index in [9.17, 15) is 4.21 Å². The molecule has 2 rings (SSSR count). The molecule has 0 aliphatic heterocycles. The molecule has 0 heterocycles. The van der Waals surface area contributed by atoms with Gasteiger partial charge in [0.1, 0.15) is 0 Å². The highest BCUT2D eigenvalue weighted by molar-refractivity contribution is 7.84. The van der Waals surface area contributed by atoms with E-state index in [0.29, 0.717) is 6.04 Å². The minimum atomic E-state index is -0.664. The lowest BCUT2D eigenvalue weighted by Crippen LogP contribution is -2.24. The van der Waals surface area contributed by atoms with E-state index in [2.05, 4.69) is 30.4 Å². The molecule has 3 heteroatoms. The molecule has 0 saturated carbocycles. The molecule has 1 aliphatic carbocycles. The molecule has 0 aromatic heterocycles. The van der Waals surface area contributed by atoms with Gasteiger partial charge in [0.05, 0.1) is 0 Å². The first-order valence-corrected chi connectivity index (χ1v) is 8.89. The van der Waals surface area contributed by atoms with Crippen molar-refractivity contribution in [1.29, 1.82) is 0 Å². The third-order valence-electron chi connectivity index (χ3n) is 3.97. The molecule has 0 bridgehead atoms. The van der Waals surface area contributed by atoms with Crippen molar-refractivity contribution in [2.24, 2.45) is 0 Å². The van der Waals surface area contributed by atoms with Crippen LogP contribution in [0.25, 0.3) is 0 Å². The molecule has 1 N–H and O–H groups in total. The number of hydrogen-bond acceptors (Lipinski definition) is 2. The van der Waals surface area contributed by atoms with Gasteiger partial charge in [0.2, 0.25) is 0 Å². The smallest absolute Gasteiger partial charge is 0.0360 e. The Balaban J connectivity index is 1.91. The number of rotatable bonds is 6. The van der Waals surface area contributed by atoms with Crippen molar-refractivity contribution in [1.82, 2.24) is 5.32 Å². The molecule has 19 heavy (non-hydrogen) atoms. The van der Waals surface area contributed by atoms with Gasteiger partial charge in [0.25, 0.3) is 0 Å². The second kappa shape index (κ2) is 7.20. The molecule has 2 nitrogen and oxygen atoms in total. The Bertz CT molecular complexity index is 444. The fourth-order valence-corrected chi connectivity index (χ4v) is 3.31. The van der Waals surface area contributed by atoms with Crippen molar-refractivity contribution >= 4 is 10.8 Å². The van der Waals surface area contributed by atoms with Crippen LogP contribution in [-0.4, -0.2) is 22.3 Å². The van der Waals surface area contributed by atoms with E-state index in [4.69, 9.17) is 0 Å². The van der Waals surface area contributed by atoms with Gasteiger partial charge >= 0.3 is 0 Å². The molecular formula is C16H25NOS. The number of aryl methyl sites for hydroxylation is 2. The lowest BCUT2D eigenvalue weighted by molar-refractivity contribution is 0.593. The highest BCUT2D eigenvalue weighted by Gasteiger charge is 2.12. The van der Waals surface area contributed by atoms with E-state index in [-0.39, 0.29) is 0 Å². The maximum Gasteiger partial charge on any atom is 0.0360 e. The maximum absolute atomic E-state index is 11.4. The first-order valence-electron chi connectivity index (χ1n) is 7.40. The second-order valence-corrected chi connectivity index (χ2v) is 7.21. The average Bonchev–Trinajstić information content (AvgIpc) is 2.46. The summed E-state index contributed by atoms with van der Waals surface area (Å²) < 4.78 is 11.4. The van der Waals surface area contributed by atoms with Crippen molar-refractivity contribution in [3.05, 3.63) is 34.9 Å². The Morgan fingerprint density at radius 2 is 2.00 bits per heavy atom. The van der Waals surface area contributed by atoms with Gasteiger partial charge in [-0.25, -0.2) is 0 Å². The van der Waals surface area contributed by atoms with Gasteiger partial charge in [-0.1, -0.05) is 25.1 Å². The molecule has 0 fully saturated rings. The quantitative estimate of drug-likeness (QED) is 0.867. The Morgan fingerprint density at radius 3 is 2.74 bits per heavy atom. The monoisotopic (exact) mass is 279 g/mol. The molecule has 0 radical (unpaired) electrons. The van der Waals surface area contributed by atoms with Gasteiger partial charge < -0.3 is 5.32 Å². The number of benzene rings is 1. The molecule has 2 unspecified atom stereocenters. The fourth-order valence-electron chi connectivity index (χ4n) is 2.67. The van der Waals surface area contributed by atoms with Crippen molar-refractivity contribution in [2.45, 2.75) is 45.6 Å². The summed E-state index contributed by atoms with van der Waals surface area (Å²) in [6.45, 7) is 5.00. The molecule has 1 aromatic carbocycles. The van der Waals surface area contributed by atoms with Crippen molar-refractivity contribution < 1.29 is 4.21 Å². The van der Waals surface area contributed by atoms with Crippen LogP contribution >= 0.6 is 0 Å². The summed E-state index contributed by atoms with van der Waals surface area (Å²) in [5.41, 5.74) is 4.44. The van der Waals surface area contributed by atoms with Crippen molar-refractivity contribution in [2.75, 3.05) is 18.1 Å². The van der Waals surface area contributed by atoms with E-state index in [0.717, 1.165) is 18.1 Å². The zero-order chi connectivity index (χ0) is 13.7.